The van der Waals surface area contributed by atoms with Crippen LogP contribution in [0.4, 0.5) is 10.1 Å². The molecular formula is C22H22FN3O3. The van der Waals surface area contributed by atoms with Gasteiger partial charge in [-0.1, -0.05) is 24.3 Å². The molecule has 0 atom stereocenters. The molecule has 3 rings (SSSR count). The van der Waals surface area contributed by atoms with Gasteiger partial charge in [-0.25, -0.2) is 9.18 Å². The number of halogens is 1. The van der Waals surface area contributed by atoms with Crippen LogP contribution in [0.5, 0.6) is 0 Å². The van der Waals surface area contributed by atoms with Crippen molar-refractivity contribution in [3.63, 3.8) is 0 Å². The fraction of sp³-hybridized carbons (Fsp3) is 0.227. The molecule has 0 unspecified atom stereocenters. The van der Waals surface area contributed by atoms with E-state index < -0.39 is 11.8 Å². The predicted octanol–water partition coefficient (Wildman–Crippen LogP) is 3.54. The van der Waals surface area contributed by atoms with Gasteiger partial charge < -0.3 is 10.1 Å². The maximum Gasteiger partial charge on any atom is 0.340 e. The van der Waals surface area contributed by atoms with E-state index in [1.165, 1.54) is 25.3 Å². The molecule has 7 heteroatoms. The van der Waals surface area contributed by atoms with Crippen LogP contribution in [-0.4, -0.2) is 42.5 Å². The summed E-state index contributed by atoms with van der Waals surface area (Å²) in [5, 5.41) is 3.53. The number of methoxy groups -OCH3 is 1. The molecule has 3 aromatic rings. The topological polar surface area (TPSA) is 71.5 Å². The van der Waals surface area contributed by atoms with Gasteiger partial charge in [0.05, 0.1) is 30.4 Å². The Morgan fingerprint density at radius 1 is 1.17 bits per heavy atom. The second-order valence-corrected chi connectivity index (χ2v) is 6.80. The van der Waals surface area contributed by atoms with E-state index in [1.807, 2.05) is 31.2 Å². The Hall–Kier alpha value is -3.32. The SMILES string of the molecule is COC(=O)c1c(CN(C)CC(=O)Nc2cccc(F)c2)nc2ccccc2c1C. The highest BCUT2D eigenvalue weighted by atomic mass is 19.1. The van der Waals surface area contributed by atoms with Crippen LogP contribution in [0, 0.1) is 12.7 Å². The lowest BCUT2D eigenvalue weighted by molar-refractivity contribution is -0.117. The number of amides is 1. The van der Waals surface area contributed by atoms with E-state index in [2.05, 4.69) is 10.3 Å². The summed E-state index contributed by atoms with van der Waals surface area (Å²) in [7, 11) is 3.08. The molecule has 1 amide bonds. The molecule has 0 saturated heterocycles. The second kappa shape index (κ2) is 8.79. The molecule has 0 aliphatic rings. The smallest absolute Gasteiger partial charge is 0.340 e. The highest BCUT2D eigenvalue weighted by Gasteiger charge is 2.21. The first-order valence-corrected chi connectivity index (χ1v) is 9.09. The number of aryl methyl sites for hydroxylation is 1. The zero-order chi connectivity index (χ0) is 21.0. The number of benzene rings is 2. The number of nitrogens with zero attached hydrogens (tertiary/aromatic N) is 2. The van der Waals surface area contributed by atoms with Crippen molar-refractivity contribution in [2.75, 3.05) is 26.0 Å². The number of esters is 1. The van der Waals surface area contributed by atoms with Gasteiger partial charge in [0, 0.05) is 17.6 Å². The van der Waals surface area contributed by atoms with E-state index in [1.54, 1.807) is 18.0 Å². The number of para-hydroxylation sites is 1. The van der Waals surface area contributed by atoms with Crippen molar-refractivity contribution in [3.05, 3.63) is 71.2 Å². The Morgan fingerprint density at radius 3 is 2.66 bits per heavy atom. The fourth-order valence-electron chi connectivity index (χ4n) is 3.25. The molecule has 0 spiro atoms. The summed E-state index contributed by atoms with van der Waals surface area (Å²) in [5.74, 6) is -1.18. The van der Waals surface area contributed by atoms with E-state index in [9.17, 15) is 14.0 Å². The van der Waals surface area contributed by atoms with Crippen LogP contribution in [0.1, 0.15) is 21.6 Å². The number of likely N-dealkylation sites (N-methyl/N-ethyl adjacent to an activating group) is 1. The molecule has 1 aromatic heterocycles. The third-order valence-electron chi connectivity index (χ3n) is 4.56. The zero-order valence-electron chi connectivity index (χ0n) is 16.5. The Labute approximate surface area is 168 Å². The highest BCUT2D eigenvalue weighted by Crippen LogP contribution is 2.24. The van der Waals surface area contributed by atoms with Crippen molar-refractivity contribution in [2.24, 2.45) is 0 Å². The van der Waals surface area contributed by atoms with Gasteiger partial charge in [0.2, 0.25) is 5.91 Å². The number of aromatic nitrogens is 1. The Balaban J connectivity index is 1.81. The summed E-state index contributed by atoms with van der Waals surface area (Å²) in [6, 6.07) is 13.3. The molecule has 1 N–H and O–H groups in total. The molecule has 0 bridgehead atoms. The molecule has 150 valence electrons. The van der Waals surface area contributed by atoms with Crippen LogP contribution in [-0.2, 0) is 16.1 Å². The minimum absolute atomic E-state index is 0.0463. The van der Waals surface area contributed by atoms with Crippen molar-refractivity contribution >= 4 is 28.5 Å². The number of anilines is 1. The summed E-state index contributed by atoms with van der Waals surface area (Å²) in [5.41, 5.74) is 2.89. The molecule has 0 saturated carbocycles. The van der Waals surface area contributed by atoms with Crippen LogP contribution in [0.3, 0.4) is 0 Å². The Kier molecular flexibility index (Phi) is 6.19. The lowest BCUT2D eigenvalue weighted by Gasteiger charge is -2.19. The number of ether oxygens (including phenoxy) is 1. The van der Waals surface area contributed by atoms with E-state index in [4.69, 9.17) is 4.74 Å². The second-order valence-electron chi connectivity index (χ2n) is 6.80. The highest BCUT2D eigenvalue weighted by molar-refractivity contribution is 5.98. The summed E-state index contributed by atoms with van der Waals surface area (Å²) >= 11 is 0. The molecule has 0 aliphatic heterocycles. The van der Waals surface area contributed by atoms with Crippen molar-refractivity contribution in [1.29, 1.82) is 0 Å². The van der Waals surface area contributed by atoms with Crippen molar-refractivity contribution in [1.82, 2.24) is 9.88 Å². The van der Waals surface area contributed by atoms with E-state index in [0.717, 1.165) is 16.5 Å². The monoisotopic (exact) mass is 395 g/mol. The van der Waals surface area contributed by atoms with Gasteiger partial charge in [-0.15, -0.1) is 0 Å². The van der Waals surface area contributed by atoms with Crippen LogP contribution in [0.2, 0.25) is 0 Å². The van der Waals surface area contributed by atoms with Crippen LogP contribution < -0.4 is 5.32 Å². The van der Waals surface area contributed by atoms with Gasteiger partial charge in [-0.3, -0.25) is 14.7 Å². The zero-order valence-corrected chi connectivity index (χ0v) is 16.5. The summed E-state index contributed by atoms with van der Waals surface area (Å²) in [6.07, 6.45) is 0. The molecule has 0 fully saturated rings. The van der Waals surface area contributed by atoms with Gasteiger partial charge in [0.15, 0.2) is 0 Å². The maximum absolute atomic E-state index is 13.3. The number of carbonyl (C=O) groups excluding carboxylic acids is 2. The van der Waals surface area contributed by atoms with Crippen molar-refractivity contribution in [2.45, 2.75) is 13.5 Å². The number of pyridine rings is 1. The van der Waals surface area contributed by atoms with Crippen LogP contribution in [0.25, 0.3) is 10.9 Å². The third kappa shape index (κ3) is 4.75. The quantitative estimate of drug-likeness (QED) is 0.647. The summed E-state index contributed by atoms with van der Waals surface area (Å²) < 4.78 is 18.2. The number of rotatable bonds is 6. The number of carbonyl (C=O) groups is 2. The predicted molar refractivity (Wildman–Crippen MR) is 109 cm³/mol. The first-order valence-electron chi connectivity index (χ1n) is 9.09. The maximum atomic E-state index is 13.3. The van der Waals surface area contributed by atoms with Crippen molar-refractivity contribution < 1.29 is 18.7 Å². The van der Waals surface area contributed by atoms with Gasteiger partial charge >= 0.3 is 5.97 Å². The molecule has 0 radical (unpaired) electrons. The third-order valence-corrected chi connectivity index (χ3v) is 4.56. The van der Waals surface area contributed by atoms with Crippen LogP contribution >= 0.6 is 0 Å². The lowest BCUT2D eigenvalue weighted by Crippen LogP contribution is -2.31. The Bertz CT molecular complexity index is 1070. The first kappa shape index (κ1) is 20.4. The fourth-order valence-corrected chi connectivity index (χ4v) is 3.25. The van der Waals surface area contributed by atoms with Gasteiger partial charge in [0.25, 0.3) is 0 Å². The van der Waals surface area contributed by atoms with E-state index in [0.29, 0.717) is 16.9 Å². The largest absolute Gasteiger partial charge is 0.465 e. The van der Waals surface area contributed by atoms with Gasteiger partial charge in [-0.2, -0.15) is 0 Å². The number of hydrogen-bond donors (Lipinski definition) is 1. The number of nitrogens with one attached hydrogen (secondary N) is 1. The molecule has 29 heavy (non-hydrogen) atoms. The molecule has 6 nitrogen and oxygen atoms in total. The van der Waals surface area contributed by atoms with Gasteiger partial charge in [0.1, 0.15) is 5.82 Å². The average molecular weight is 395 g/mol. The minimum atomic E-state index is -0.464. The first-order chi connectivity index (χ1) is 13.9. The van der Waals surface area contributed by atoms with E-state index >= 15 is 0 Å². The normalized spacial score (nSPS) is 10.9. The van der Waals surface area contributed by atoms with E-state index in [-0.39, 0.29) is 19.0 Å². The van der Waals surface area contributed by atoms with Crippen LogP contribution in [0.15, 0.2) is 48.5 Å². The summed E-state index contributed by atoms with van der Waals surface area (Å²) in [4.78, 5) is 31.0. The minimum Gasteiger partial charge on any atom is -0.465 e. The molecule has 0 aliphatic carbocycles. The standard InChI is InChI=1S/C22H22FN3O3/c1-14-17-9-4-5-10-18(17)25-19(21(14)22(28)29-3)12-26(2)13-20(27)24-16-8-6-7-15(23)11-16/h4-11H,12-13H2,1-3H3,(H,24,27). The average Bonchev–Trinajstić information content (AvgIpc) is 2.67. The molecule has 1 heterocycles. The molecule has 2 aromatic carbocycles. The van der Waals surface area contributed by atoms with Gasteiger partial charge in [-0.05, 0) is 43.8 Å². The Morgan fingerprint density at radius 2 is 1.93 bits per heavy atom. The number of hydrogen-bond acceptors (Lipinski definition) is 5. The number of fused-ring (bicyclic) bond motifs is 1. The lowest BCUT2D eigenvalue weighted by atomic mass is 10.0. The van der Waals surface area contributed by atoms with Crippen molar-refractivity contribution in [3.8, 4) is 0 Å². The summed E-state index contributed by atoms with van der Waals surface area (Å²) in [6.45, 7) is 2.17. The molecular weight excluding hydrogens is 373 g/mol.